The Morgan fingerprint density at radius 1 is 1.11 bits per heavy atom. The fraction of sp³-hybridized carbons (Fsp3) is 0. The molecule has 0 aliphatic heterocycles. The van der Waals surface area contributed by atoms with Crippen molar-refractivity contribution in [1.29, 1.82) is 0 Å². The molecule has 0 saturated carbocycles. The van der Waals surface area contributed by atoms with Crippen LogP contribution in [0.4, 0.5) is 5.69 Å². The van der Waals surface area contributed by atoms with Crippen molar-refractivity contribution in [2.45, 2.75) is 0 Å². The van der Waals surface area contributed by atoms with E-state index < -0.39 is 10.7 Å². The van der Waals surface area contributed by atoms with Crippen molar-refractivity contribution < 1.29 is 14.5 Å². The van der Waals surface area contributed by atoms with E-state index in [1.807, 2.05) is 0 Å². The Labute approximate surface area is 108 Å². The lowest BCUT2D eigenvalue weighted by Crippen LogP contribution is -2.06. The molecule has 5 nitrogen and oxygen atoms in total. The molecular weight excluding hydrogens is 246 g/mol. The topological polar surface area (TPSA) is 77.3 Å². The first-order valence-electron chi connectivity index (χ1n) is 5.47. The molecule has 2 rings (SSSR count). The molecule has 0 saturated heterocycles. The highest BCUT2D eigenvalue weighted by Crippen LogP contribution is 2.20. The monoisotopic (exact) mass is 255 g/mol. The van der Waals surface area contributed by atoms with Gasteiger partial charge in [-0.25, -0.2) is 0 Å². The predicted molar refractivity (Wildman–Crippen MR) is 68.4 cm³/mol. The lowest BCUT2D eigenvalue weighted by molar-refractivity contribution is -0.384. The smallest absolute Gasteiger partial charge is 0.270 e. The van der Waals surface area contributed by atoms with E-state index in [1.54, 1.807) is 30.3 Å². The third-order valence-corrected chi connectivity index (χ3v) is 2.66. The van der Waals surface area contributed by atoms with Crippen LogP contribution in [0, 0.1) is 10.1 Å². The van der Waals surface area contributed by atoms with Gasteiger partial charge in [-0.1, -0.05) is 30.3 Å². The minimum Gasteiger partial charge on any atom is -0.298 e. The quantitative estimate of drug-likeness (QED) is 0.364. The highest BCUT2D eigenvalue weighted by molar-refractivity contribution is 6.13. The Kier molecular flexibility index (Phi) is 3.47. The molecule has 0 aliphatic rings. The molecule has 2 aromatic carbocycles. The predicted octanol–water partition coefficient (Wildman–Crippen LogP) is 2.64. The van der Waals surface area contributed by atoms with Gasteiger partial charge in [0.25, 0.3) is 5.69 Å². The van der Waals surface area contributed by atoms with Gasteiger partial charge in [-0.05, 0) is 6.07 Å². The molecule has 0 radical (unpaired) electrons. The lowest BCUT2D eigenvalue weighted by atomic mass is 9.98. The number of carbonyl (C=O) groups is 2. The van der Waals surface area contributed by atoms with Crippen molar-refractivity contribution in [2.75, 3.05) is 0 Å². The molecule has 0 atom stereocenters. The zero-order valence-electron chi connectivity index (χ0n) is 9.78. The molecule has 0 N–H and O–H groups in total. The van der Waals surface area contributed by atoms with Crippen molar-refractivity contribution in [3.05, 3.63) is 75.3 Å². The summed E-state index contributed by atoms with van der Waals surface area (Å²) in [5.41, 5.74) is 0.339. The Bertz CT molecular complexity index is 650. The van der Waals surface area contributed by atoms with Gasteiger partial charge in [-0.3, -0.25) is 19.7 Å². The van der Waals surface area contributed by atoms with Crippen LogP contribution in [0.5, 0.6) is 0 Å². The second-order valence-corrected chi connectivity index (χ2v) is 3.84. The average Bonchev–Trinajstić information content (AvgIpc) is 2.46. The van der Waals surface area contributed by atoms with Gasteiger partial charge in [0.05, 0.1) is 4.92 Å². The van der Waals surface area contributed by atoms with Gasteiger partial charge < -0.3 is 0 Å². The van der Waals surface area contributed by atoms with Crippen LogP contribution >= 0.6 is 0 Å². The third-order valence-electron chi connectivity index (χ3n) is 2.66. The van der Waals surface area contributed by atoms with E-state index in [2.05, 4.69) is 0 Å². The number of nitrogens with zero attached hydrogens (tertiary/aromatic N) is 1. The van der Waals surface area contributed by atoms with Crippen LogP contribution in [0.3, 0.4) is 0 Å². The van der Waals surface area contributed by atoms with E-state index in [4.69, 9.17) is 0 Å². The van der Waals surface area contributed by atoms with E-state index >= 15 is 0 Å². The van der Waals surface area contributed by atoms with Crippen LogP contribution in [0.1, 0.15) is 26.3 Å². The number of hydrogen-bond acceptors (Lipinski definition) is 4. The van der Waals surface area contributed by atoms with E-state index in [1.165, 1.54) is 12.1 Å². The maximum absolute atomic E-state index is 12.2. The van der Waals surface area contributed by atoms with Crippen molar-refractivity contribution in [1.82, 2.24) is 0 Å². The third kappa shape index (κ3) is 2.55. The summed E-state index contributed by atoms with van der Waals surface area (Å²) in [5.74, 6) is -0.411. The summed E-state index contributed by atoms with van der Waals surface area (Å²) in [6.07, 6.45) is 0.514. The second kappa shape index (κ2) is 5.22. The van der Waals surface area contributed by atoms with Crippen LogP contribution in [0.15, 0.2) is 48.5 Å². The summed E-state index contributed by atoms with van der Waals surface area (Å²) in [5, 5.41) is 10.7. The van der Waals surface area contributed by atoms with Gasteiger partial charge in [-0.15, -0.1) is 0 Å². The summed E-state index contributed by atoms with van der Waals surface area (Å²) < 4.78 is 0. The number of nitro groups is 1. The lowest BCUT2D eigenvalue weighted by Gasteiger charge is -2.04. The van der Waals surface area contributed by atoms with Crippen LogP contribution in [0.25, 0.3) is 0 Å². The van der Waals surface area contributed by atoms with Crippen molar-refractivity contribution in [3.8, 4) is 0 Å². The summed E-state index contributed by atoms with van der Waals surface area (Å²) in [7, 11) is 0. The summed E-state index contributed by atoms with van der Waals surface area (Å²) in [4.78, 5) is 33.3. The molecule has 0 fully saturated rings. The van der Waals surface area contributed by atoms with E-state index in [0.29, 0.717) is 11.8 Å². The van der Waals surface area contributed by atoms with Crippen molar-refractivity contribution >= 4 is 17.8 Å². The summed E-state index contributed by atoms with van der Waals surface area (Å²) >= 11 is 0. The minimum atomic E-state index is -0.601. The number of nitro benzene ring substituents is 1. The number of rotatable bonds is 4. The van der Waals surface area contributed by atoms with Gasteiger partial charge in [0.15, 0.2) is 12.1 Å². The number of hydrogen-bond donors (Lipinski definition) is 0. The first kappa shape index (κ1) is 12.6. The molecule has 0 unspecified atom stereocenters. The second-order valence-electron chi connectivity index (χ2n) is 3.84. The Morgan fingerprint density at radius 3 is 2.37 bits per heavy atom. The molecule has 0 aromatic heterocycles. The number of carbonyl (C=O) groups excluding carboxylic acids is 2. The molecule has 5 heteroatoms. The molecular formula is C14H9NO4. The highest BCUT2D eigenvalue weighted by Gasteiger charge is 2.17. The fourth-order valence-corrected chi connectivity index (χ4v) is 1.70. The van der Waals surface area contributed by atoms with Crippen LogP contribution in [-0.2, 0) is 0 Å². The average molecular weight is 255 g/mol. The van der Waals surface area contributed by atoms with E-state index in [-0.39, 0.29) is 16.8 Å². The summed E-state index contributed by atoms with van der Waals surface area (Å²) in [6.45, 7) is 0. The number of benzene rings is 2. The van der Waals surface area contributed by atoms with Crippen molar-refractivity contribution in [2.24, 2.45) is 0 Å². The zero-order chi connectivity index (χ0) is 13.8. The van der Waals surface area contributed by atoms with Gasteiger partial charge in [0.2, 0.25) is 0 Å². The number of non-ortho nitro benzene ring substituents is 1. The first-order valence-corrected chi connectivity index (χ1v) is 5.47. The Morgan fingerprint density at radius 2 is 1.79 bits per heavy atom. The maximum Gasteiger partial charge on any atom is 0.270 e. The Hall–Kier alpha value is -2.82. The summed E-state index contributed by atoms with van der Waals surface area (Å²) in [6, 6.07) is 11.9. The van der Waals surface area contributed by atoms with Gasteiger partial charge >= 0.3 is 0 Å². The molecule has 0 bridgehead atoms. The normalized spacial score (nSPS) is 9.89. The Balaban J connectivity index is 2.54. The number of aldehydes is 1. The molecule has 19 heavy (non-hydrogen) atoms. The maximum atomic E-state index is 12.2. The molecule has 0 aliphatic carbocycles. The molecule has 0 amide bonds. The van der Waals surface area contributed by atoms with Gasteiger partial charge in [0.1, 0.15) is 0 Å². The van der Waals surface area contributed by atoms with Crippen LogP contribution in [0.2, 0.25) is 0 Å². The SMILES string of the molecule is O=Cc1ccc([N+](=O)[O-])cc1C(=O)c1ccccc1. The van der Waals surface area contributed by atoms with Crippen LogP contribution in [-0.4, -0.2) is 17.0 Å². The van der Waals surface area contributed by atoms with Crippen molar-refractivity contribution in [3.63, 3.8) is 0 Å². The van der Waals surface area contributed by atoms with Gasteiger partial charge in [-0.2, -0.15) is 0 Å². The largest absolute Gasteiger partial charge is 0.298 e. The molecule has 2 aromatic rings. The van der Waals surface area contributed by atoms with E-state index in [0.717, 1.165) is 6.07 Å². The minimum absolute atomic E-state index is 0.0374. The standard InChI is InChI=1S/C14H9NO4/c16-9-11-6-7-12(15(18)19)8-13(11)14(17)10-4-2-1-3-5-10/h1-9H. The van der Waals surface area contributed by atoms with Crippen LogP contribution < -0.4 is 0 Å². The fourth-order valence-electron chi connectivity index (χ4n) is 1.70. The molecule has 0 heterocycles. The number of ketones is 1. The van der Waals surface area contributed by atoms with Gasteiger partial charge in [0, 0.05) is 28.8 Å². The molecule has 94 valence electrons. The van der Waals surface area contributed by atoms with E-state index in [9.17, 15) is 19.7 Å². The zero-order valence-corrected chi connectivity index (χ0v) is 9.78. The first-order chi connectivity index (χ1) is 9.13. The molecule has 0 spiro atoms. The highest BCUT2D eigenvalue weighted by atomic mass is 16.6.